The van der Waals surface area contributed by atoms with Crippen molar-refractivity contribution < 1.29 is 29.0 Å². The number of cyclic esters (lactones) is 2. The summed E-state index contributed by atoms with van der Waals surface area (Å²) < 4.78 is 10.2. The Labute approximate surface area is 249 Å². The molecule has 2 fully saturated rings. The summed E-state index contributed by atoms with van der Waals surface area (Å²) >= 11 is 0. The number of hydrogen-bond acceptors (Lipinski definition) is 6. The molecule has 1 heterocycles. The van der Waals surface area contributed by atoms with Gasteiger partial charge in [-0.2, -0.15) is 0 Å². The molecule has 1 saturated carbocycles. The number of aryl methyl sites for hydroxylation is 1. The summed E-state index contributed by atoms with van der Waals surface area (Å²) in [5.41, 5.74) is 4.05. The quantitative estimate of drug-likeness (QED) is 0.116. The Morgan fingerprint density at radius 3 is 2.19 bits per heavy atom. The summed E-state index contributed by atoms with van der Waals surface area (Å²) in [5.74, 6) is -2.21. The van der Waals surface area contributed by atoms with Crippen LogP contribution in [0.3, 0.4) is 0 Å². The predicted octanol–water partition coefficient (Wildman–Crippen LogP) is 7.77. The summed E-state index contributed by atoms with van der Waals surface area (Å²) in [6.45, 7) is 5.25. The van der Waals surface area contributed by atoms with Gasteiger partial charge in [-0.25, -0.2) is 14.4 Å². The normalized spacial score (nSPS) is 20.5. The van der Waals surface area contributed by atoms with Crippen molar-refractivity contribution in [1.29, 1.82) is 0 Å². The van der Waals surface area contributed by atoms with Crippen LogP contribution in [0.25, 0.3) is 6.08 Å². The fraction of sp³-hybridized carbons (Fsp3) is 0.457. The van der Waals surface area contributed by atoms with E-state index in [1.54, 1.807) is 18.2 Å². The molecule has 224 valence electrons. The lowest BCUT2D eigenvalue weighted by molar-refractivity contribution is -0.222. The molecule has 42 heavy (non-hydrogen) atoms. The van der Waals surface area contributed by atoms with Gasteiger partial charge >= 0.3 is 17.9 Å². The van der Waals surface area contributed by atoms with Crippen molar-refractivity contribution in [2.75, 3.05) is 5.32 Å². The highest BCUT2D eigenvalue weighted by Crippen LogP contribution is 2.38. The van der Waals surface area contributed by atoms with Crippen molar-refractivity contribution in [3.05, 3.63) is 82.6 Å². The van der Waals surface area contributed by atoms with Gasteiger partial charge in [0, 0.05) is 31.3 Å². The summed E-state index contributed by atoms with van der Waals surface area (Å²) in [4.78, 5) is 36.2. The van der Waals surface area contributed by atoms with Gasteiger partial charge in [0.15, 0.2) is 5.57 Å². The molecule has 1 aliphatic heterocycles. The Bertz CT molecular complexity index is 1280. The predicted molar refractivity (Wildman–Crippen MR) is 164 cm³/mol. The van der Waals surface area contributed by atoms with E-state index in [0.717, 1.165) is 17.0 Å². The fourth-order valence-corrected chi connectivity index (χ4v) is 5.75. The van der Waals surface area contributed by atoms with E-state index < -0.39 is 23.7 Å². The number of ether oxygens (including phenoxy) is 2. The van der Waals surface area contributed by atoms with Crippen molar-refractivity contribution in [2.45, 2.75) is 96.7 Å². The highest BCUT2D eigenvalue weighted by Gasteiger charge is 2.39. The molecule has 2 aromatic rings. The Morgan fingerprint density at radius 1 is 0.952 bits per heavy atom. The van der Waals surface area contributed by atoms with Crippen LogP contribution in [0.5, 0.6) is 0 Å². The first-order valence-corrected chi connectivity index (χ1v) is 15.2. The standard InChI is InChI=1S/C35H43NO6/c1-4-5-6-7-24-8-15-27(16-9-24)28-17-11-26(12-18-28)22-29(32(37)38)19-10-25-13-20-30(21-14-25)36-23-31-33(39)41-35(2,3)42-34(31)40/h11-14,17-18,20-24,27,36H,4-10,15-16,19H2,1-3H3,(H,37,38)/b29-22+/t24-,27-. The molecule has 2 N–H and O–H groups in total. The average Bonchev–Trinajstić information content (AvgIpc) is 2.95. The Balaban J connectivity index is 1.29. The Hall–Kier alpha value is -3.87. The molecule has 0 spiro atoms. The van der Waals surface area contributed by atoms with E-state index in [9.17, 15) is 19.5 Å². The maximum absolute atomic E-state index is 12.1. The lowest BCUT2D eigenvalue weighted by Gasteiger charge is -2.29. The van der Waals surface area contributed by atoms with Crippen LogP contribution in [-0.4, -0.2) is 28.8 Å². The van der Waals surface area contributed by atoms with E-state index in [1.165, 1.54) is 77.0 Å². The molecule has 7 nitrogen and oxygen atoms in total. The number of carboxylic acid groups (broad SMARTS) is 1. The monoisotopic (exact) mass is 573 g/mol. The number of esters is 2. The van der Waals surface area contributed by atoms with Gasteiger partial charge in [0.1, 0.15) is 0 Å². The number of carbonyl (C=O) groups is 3. The number of unbranched alkanes of at least 4 members (excludes halogenated alkanes) is 2. The zero-order valence-corrected chi connectivity index (χ0v) is 25.0. The molecule has 2 aromatic carbocycles. The third-order valence-electron chi connectivity index (χ3n) is 8.22. The first-order valence-electron chi connectivity index (χ1n) is 15.2. The molecule has 0 unspecified atom stereocenters. The topological polar surface area (TPSA) is 102 Å². The zero-order chi connectivity index (χ0) is 30.1. The molecule has 0 bridgehead atoms. The molecule has 0 radical (unpaired) electrons. The summed E-state index contributed by atoms with van der Waals surface area (Å²) in [6, 6.07) is 15.8. The number of carbonyl (C=O) groups excluding carboxylic acids is 2. The Morgan fingerprint density at radius 2 is 1.60 bits per heavy atom. The Kier molecular flexibility index (Phi) is 10.6. The van der Waals surface area contributed by atoms with Gasteiger partial charge in [0.05, 0.1) is 0 Å². The van der Waals surface area contributed by atoms with E-state index in [4.69, 9.17) is 9.47 Å². The van der Waals surface area contributed by atoms with Crippen LogP contribution in [0.1, 0.15) is 101 Å². The SMILES string of the molecule is CCCCC[C@H]1CC[C@H](c2ccc(/C=C(\CCc3ccc(NC=C4C(=O)OC(C)(C)OC4=O)cc3)C(=O)O)cc2)CC1. The average molecular weight is 574 g/mol. The summed E-state index contributed by atoms with van der Waals surface area (Å²) in [7, 11) is 0. The van der Waals surface area contributed by atoms with E-state index in [1.807, 2.05) is 24.3 Å². The third-order valence-corrected chi connectivity index (χ3v) is 8.22. The second kappa shape index (κ2) is 14.3. The van der Waals surface area contributed by atoms with Crippen LogP contribution in [-0.2, 0) is 30.3 Å². The summed E-state index contributed by atoms with van der Waals surface area (Å²) in [5, 5.41) is 12.7. The largest absolute Gasteiger partial charge is 0.478 e. The smallest absolute Gasteiger partial charge is 0.350 e. The molecule has 1 saturated heterocycles. The first-order chi connectivity index (χ1) is 20.1. The molecule has 4 rings (SSSR count). The van der Waals surface area contributed by atoms with Gasteiger partial charge in [-0.3, -0.25) is 0 Å². The van der Waals surface area contributed by atoms with E-state index >= 15 is 0 Å². The number of aliphatic carboxylic acids is 1. The van der Waals surface area contributed by atoms with Crippen LogP contribution >= 0.6 is 0 Å². The van der Waals surface area contributed by atoms with Gasteiger partial charge < -0.3 is 19.9 Å². The van der Waals surface area contributed by atoms with Crippen LogP contribution in [0, 0.1) is 5.92 Å². The molecular formula is C35H43NO6. The van der Waals surface area contributed by atoms with Crippen molar-refractivity contribution >= 4 is 29.7 Å². The molecule has 0 aromatic heterocycles. The van der Waals surface area contributed by atoms with Crippen LogP contribution in [0.15, 0.2) is 65.9 Å². The molecule has 2 aliphatic rings. The minimum Gasteiger partial charge on any atom is -0.478 e. The number of rotatable bonds is 12. The van der Waals surface area contributed by atoms with Crippen molar-refractivity contribution in [2.24, 2.45) is 5.92 Å². The van der Waals surface area contributed by atoms with Crippen molar-refractivity contribution in [3.63, 3.8) is 0 Å². The van der Waals surface area contributed by atoms with Crippen LogP contribution in [0.2, 0.25) is 0 Å². The minimum atomic E-state index is -1.29. The van der Waals surface area contributed by atoms with Crippen molar-refractivity contribution in [3.8, 4) is 0 Å². The molecular weight excluding hydrogens is 530 g/mol. The number of nitrogens with one attached hydrogen (secondary N) is 1. The van der Waals surface area contributed by atoms with Gasteiger partial charge in [0.2, 0.25) is 0 Å². The van der Waals surface area contributed by atoms with Gasteiger partial charge in [-0.05, 0) is 85.3 Å². The van der Waals surface area contributed by atoms with Gasteiger partial charge in [0.25, 0.3) is 5.79 Å². The van der Waals surface area contributed by atoms with E-state index in [2.05, 4.69) is 24.4 Å². The molecule has 0 atom stereocenters. The zero-order valence-electron chi connectivity index (χ0n) is 25.0. The lowest BCUT2D eigenvalue weighted by Crippen LogP contribution is -2.42. The maximum atomic E-state index is 12.1. The highest BCUT2D eigenvalue weighted by molar-refractivity contribution is 6.15. The molecule has 7 heteroatoms. The second-order valence-electron chi connectivity index (χ2n) is 11.9. The van der Waals surface area contributed by atoms with Crippen molar-refractivity contribution in [1.82, 2.24) is 0 Å². The number of anilines is 1. The van der Waals surface area contributed by atoms with Crippen LogP contribution < -0.4 is 5.32 Å². The highest BCUT2D eigenvalue weighted by atomic mass is 16.7. The number of carboxylic acids is 1. The number of hydrogen-bond donors (Lipinski definition) is 2. The maximum Gasteiger partial charge on any atom is 0.350 e. The van der Waals surface area contributed by atoms with Crippen LogP contribution in [0.4, 0.5) is 5.69 Å². The van der Waals surface area contributed by atoms with E-state index in [-0.39, 0.29) is 5.57 Å². The van der Waals surface area contributed by atoms with Gasteiger partial charge in [-0.1, -0.05) is 69.0 Å². The molecule has 0 amide bonds. The second-order valence-corrected chi connectivity index (χ2v) is 11.9. The molecule has 1 aliphatic carbocycles. The fourth-order valence-electron chi connectivity index (χ4n) is 5.75. The van der Waals surface area contributed by atoms with Gasteiger partial charge in [-0.15, -0.1) is 0 Å². The third kappa shape index (κ3) is 8.81. The van der Waals surface area contributed by atoms with E-state index in [0.29, 0.717) is 30.0 Å². The number of benzene rings is 2. The first kappa shape index (κ1) is 31.1. The minimum absolute atomic E-state index is 0.215. The lowest BCUT2D eigenvalue weighted by atomic mass is 9.77. The summed E-state index contributed by atoms with van der Waals surface area (Å²) in [6.07, 6.45) is 14.5.